The Bertz CT molecular complexity index is 593. The highest BCUT2D eigenvalue weighted by Crippen LogP contribution is 2.25. The van der Waals surface area contributed by atoms with E-state index >= 15 is 0 Å². The topological polar surface area (TPSA) is 61.0 Å². The summed E-state index contributed by atoms with van der Waals surface area (Å²) in [5.41, 5.74) is 2.19. The zero-order chi connectivity index (χ0) is 13.3. The molecule has 94 valence electrons. The summed E-state index contributed by atoms with van der Waals surface area (Å²) in [6.45, 7) is 1.81. The molecule has 1 aromatic carbocycles. The normalized spacial score (nSPS) is 10.6. The quantitative estimate of drug-likeness (QED) is 0.493. The van der Waals surface area contributed by atoms with E-state index in [1.807, 2.05) is 6.92 Å². The Morgan fingerprint density at radius 3 is 2.44 bits per heavy atom. The molecule has 5 nitrogen and oxygen atoms in total. The number of nitro benzene ring substituents is 1. The van der Waals surface area contributed by atoms with E-state index in [1.54, 1.807) is 12.1 Å². The van der Waals surface area contributed by atoms with Crippen LogP contribution in [0, 0.1) is 17.0 Å². The number of hydrogen-bond acceptors (Lipinski definition) is 3. The van der Waals surface area contributed by atoms with Crippen molar-refractivity contribution < 1.29 is 4.92 Å². The largest absolute Gasteiger partial charge is 0.269 e. The van der Waals surface area contributed by atoms with Gasteiger partial charge in [-0.05, 0) is 19.1 Å². The molecule has 2 rings (SSSR count). The second-order valence-electron chi connectivity index (χ2n) is 3.67. The maximum atomic E-state index is 10.6. The van der Waals surface area contributed by atoms with Gasteiger partial charge in [-0.3, -0.25) is 10.1 Å². The highest BCUT2D eigenvalue weighted by molar-refractivity contribution is 6.31. The standard InChI is InChI=1S/C11H9Cl2N3O2/c1-7-10(6-12)11(13)15(14-7)8-2-4-9(5-3-8)16(17)18/h2-5H,6H2,1H3. The predicted molar refractivity (Wildman–Crippen MR) is 69.5 cm³/mol. The molecule has 0 N–H and O–H groups in total. The first-order valence-corrected chi connectivity index (χ1v) is 6.00. The van der Waals surface area contributed by atoms with Crippen LogP contribution in [0.25, 0.3) is 5.69 Å². The highest BCUT2D eigenvalue weighted by atomic mass is 35.5. The number of halogens is 2. The van der Waals surface area contributed by atoms with Crippen molar-refractivity contribution in [2.45, 2.75) is 12.8 Å². The van der Waals surface area contributed by atoms with Crippen LogP contribution in [0.5, 0.6) is 0 Å². The average molecular weight is 286 g/mol. The Morgan fingerprint density at radius 1 is 1.39 bits per heavy atom. The molecule has 2 aromatic rings. The first kappa shape index (κ1) is 12.9. The summed E-state index contributed by atoms with van der Waals surface area (Å²) in [7, 11) is 0. The molecule has 0 saturated carbocycles. The van der Waals surface area contributed by atoms with Crippen molar-refractivity contribution in [3.05, 3.63) is 50.8 Å². The van der Waals surface area contributed by atoms with Gasteiger partial charge in [-0.2, -0.15) is 5.10 Å². The Balaban J connectivity index is 2.46. The molecule has 0 aliphatic carbocycles. The number of nitro groups is 1. The van der Waals surface area contributed by atoms with Gasteiger partial charge in [-0.15, -0.1) is 11.6 Å². The number of benzene rings is 1. The summed E-state index contributed by atoms with van der Waals surface area (Å²) in [4.78, 5) is 10.1. The Hall–Kier alpha value is -1.59. The molecule has 0 bridgehead atoms. The lowest BCUT2D eigenvalue weighted by molar-refractivity contribution is -0.384. The van der Waals surface area contributed by atoms with E-state index < -0.39 is 4.92 Å². The van der Waals surface area contributed by atoms with Crippen LogP contribution in [0.2, 0.25) is 5.15 Å². The summed E-state index contributed by atoms with van der Waals surface area (Å²) in [6.07, 6.45) is 0. The van der Waals surface area contributed by atoms with Crippen molar-refractivity contribution in [3.8, 4) is 5.69 Å². The van der Waals surface area contributed by atoms with Crippen molar-refractivity contribution in [1.82, 2.24) is 9.78 Å². The summed E-state index contributed by atoms with van der Waals surface area (Å²) >= 11 is 11.9. The van der Waals surface area contributed by atoms with Gasteiger partial charge in [0.15, 0.2) is 0 Å². The average Bonchev–Trinajstić information content (AvgIpc) is 2.64. The number of hydrogen-bond donors (Lipinski definition) is 0. The van der Waals surface area contributed by atoms with Crippen molar-refractivity contribution >= 4 is 28.9 Å². The highest BCUT2D eigenvalue weighted by Gasteiger charge is 2.14. The van der Waals surface area contributed by atoms with E-state index in [0.29, 0.717) is 10.8 Å². The fourth-order valence-corrected chi connectivity index (χ4v) is 2.30. The minimum absolute atomic E-state index is 0.0244. The van der Waals surface area contributed by atoms with Gasteiger partial charge >= 0.3 is 0 Å². The number of rotatable bonds is 3. The summed E-state index contributed by atoms with van der Waals surface area (Å²) in [5, 5.41) is 15.2. The second kappa shape index (κ2) is 4.96. The lowest BCUT2D eigenvalue weighted by atomic mass is 10.3. The fraction of sp³-hybridized carbons (Fsp3) is 0.182. The van der Waals surface area contributed by atoms with Crippen molar-refractivity contribution in [3.63, 3.8) is 0 Å². The van der Waals surface area contributed by atoms with Gasteiger partial charge < -0.3 is 0 Å². The van der Waals surface area contributed by atoms with Gasteiger partial charge in [0.25, 0.3) is 5.69 Å². The maximum absolute atomic E-state index is 10.6. The summed E-state index contributed by atoms with van der Waals surface area (Å²) < 4.78 is 1.51. The molecular weight excluding hydrogens is 277 g/mol. The molecule has 1 heterocycles. The third-order valence-corrected chi connectivity index (χ3v) is 3.22. The summed E-state index contributed by atoms with van der Waals surface area (Å²) in [6, 6.07) is 6.00. The Kier molecular flexibility index (Phi) is 3.54. The van der Waals surface area contributed by atoms with Crippen LogP contribution < -0.4 is 0 Å². The zero-order valence-corrected chi connectivity index (χ0v) is 10.9. The lowest BCUT2D eigenvalue weighted by Gasteiger charge is -2.02. The van der Waals surface area contributed by atoms with Crippen molar-refractivity contribution in [2.24, 2.45) is 0 Å². The van der Waals surface area contributed by atoms with Crippen LogP contribution in [-0.4, -0.2) is 14.7 Å². The monoisotopic (exact) mass is 285 g/mol. The third kappa shape index (κ3) is 2.19. The molecule has 0 amide bonds. The minimum Gasteiger partial charge on any atom is -0.258 e. The van der Waals surface area contributed by atoms with E-state index in [4.69, 9.17) is 23.2 Å². The molecule has 18 heavy (non-hydrogen) atoms. The smallest absolute Gasteiger partial charge is 0.258 e. The van der Waals surface area contributed by atoms with Gasteiger partial charge in [0.1, 0.15) is 5.15 Å². The Labute approximate surface area is 113 Å². The number of nitrogens with zero attached hydrogens (tertiary/aromatic N) is 3. The molecule has 0 atom stereocenters. The lowest BCUT2D eigenvalue weighted by Crippen LogP contribution is -1.97. The molecule has 0 unspecified atom stereocenters. The van der Waals surface area contributed by atoms with Crippen LogP contribution in [-0.2, 0) is 5.88 Å². The molecule has 1 aromatic heterocycles. The number of alkyl halides is 1. The molecule has 0 spiro atoms. The molecular formula is C11H9Cl2N3O2. The van der Waals surface area contributed by atoms with E-state index in [9.17, 15) is 10.1 Å². The first-order valence-electron chi connectivity index (χ1n) is 5.09. The fourth-order valence-electron chi connectivity index (χ4n) is 1.57. The molecule has 0 fully saturated rings. The molecule has 0 aliphatic heterocycles. The van der Waals surface area contributed by atoms with Gasteiger partial charge in [0.05, 0.1) is 22.2 Å². The van der Waals surface area contributed by atoms with Crippen LogP contribution in [0.1, 0.15) is 11.3 Å². The van der Waals surface area contributed by atoms with Gasteiger partial charge in [0.2, 0.25) is 0 Å². The molecule has 0 aliphatic rings. The maximum Gasteiger partial charge on any atom is 0.269 e. The van der Waals surface area contributed by atoms with Crippen LogP contribution in [0.15, 0.2) is 24.3 Å². The second-order valence-corrected chi connectivity index (χ2v) is 4.30. The van der Waals surface area contributed by atoms with Gasteiger partial charge in [-0.1, -0.05) is 11.6 Å². The number of aryl methyl sites for hydroxylation is 1. The SMILES string of the molecule is Cc1nn(-c2ccc([N+](=O)[O-])cc2)c(Cl)c1CCl. The van der Waals surface area contributed by atoms with Crippen molar-refractivity contribution in [2.75, 3.05) is 0 Å². The molecule has 0 radical (unpaired) electrons. The van der Waals surface area contributed by atoms with Crippen LogP contribution in [0.4, 0.5) is 5.69 Å². The number of non-ortho nitro benzene ring substituents is 1. The first-order chi connectivity index (χ1) is 8.54. The molecule has 0 saturated heterocycles. The van der Waals surface area contributed by atoms with Crippen molar-refractivity contribution in [1.29, 1.82) is 0 Å². The predicted octanol–water partition coefficient (Wildman–Crippen LogP) is 3.48. The zero-order valence-electron chi connectivity index (χ0n) is 9.43. The number of aromatic nitrogens is 2. The van der Waals surface area contributed by atoms with E-state index in [2.05, 4.69) is 5.10 Å². The minimum atomic E-state index is -0.454. The van der Waals surface area contributed by atoms with E-state index in [-0.39, 0.29) is 11.6 Å². The van der Waals surface area contributed by atoms with E-state index in [1.165, 1.54) is 16.8 Å². The van der Waals surface area contributed by atoms with Crippen LogP contribution in [0.3, 0.4) is 0 Å². The van der Waals surface area contributed by atoms with Gasteiger partial charge in [-0.25, -0.2) is 4.68 Å². The Morgan fingerprint density at radius 2 is 2.00 bits per heavy atom. The van der Waals surface area contributed by atoms with E-state index in [0.717, 1.165) is 11.3 Å². The summed E-state index contributed by atoms with van der Waals surface area (Å²) in [5.74, 6) is 0.275. The van der Waals surface area contributed by atoms with Crippen LogP contribution >= 0.6 is 23.2 Å². The molecule has 7 heteroatoms. The van der Waals surface area contributed by atoms with Gasteiger partial charge in [0, 0.05) is 17.7 Å². The third-order valence-electron chi connectivity index (χ3n) is 2.56.